The van der Waals surface area contributed by atoms with Crippen LogP contribution in [-0.4, -0.2) is 277 Å². The molecule has 380 valence electrons. The number of halogens is 1. The summed E-state index contributed by atoms with van der Waals surface area (Å²) in [5.41, 5.74) is 5.48. The van der Waals surface area contributed by atoms with Crippen molar-refractivity contribution in [3.8, 4) is 0 Å². The van der Waals surface area contributed by atoms with Gasteiger partial charge in [-0.25, -0.2) is 4.39 Å². The first-order chi connectivity index (χ1) is 31.0. The number of ether oxygens (including phenoxy) is 10. The molecule has 5 saturated heterocycles. The predicted molar refractivity (Wildman–Crippen MR) is 204 cm³/mol. The van der Waals surface area contributed by atoms with Gasteiger partial charge < -0.3 is 130 Å². The summed E-state index contributed by atoms with van der Waals surface area (Å²) in [5.74, 6) is -0.807. The van der Waals surface area contributed by atoms with E-state index in [1.165, 1.54) is 0 Å². The third kappa shape index (κ3) is 12.4. The fraction of sp³-hybridized carbons (Fsp3) is 0.973. The Labute approximate surface area is 370 Å². The smallest absolute Gasteiger partial charge is 0.217 e. The topological polar surface area (TPSA) is 431 Å². The summed E-state index contributed by atoms with van der Waals surface area (Å²) in [6.45, 7) is -3.47. The van der Waals surface area contributed by atoms with Crippen LogP contribution in [0.1, 0.15) is 26.2 Å². The van der Waals surface area contributed by atoms with Gasteiger partial charge in [0.25, 0.3) is 0 Å². The Kier molecular flexibility index (Phi) is 20.7. The molecule has 0 bridgehead atoms. The maximum Gasteiger partial charge on any atom is 0.217 e. The molecule has 15 unspecified atom stereocenters. The lowest BCUT2D eigenvalue weighted by Gasteiger charge is -2.50. The molecular weight excluding hydrogens is 891 g/mol. The van der Waals surface area contributed by atoms with Crippen molar-refractivity contribution in [3.63, 3.8) is 0 Å². The van der Waals surface area contributed by atoms with Gasteiger partial charge in [0.2, 0.25) is 5.91 Å². The summed E-state index contributed by atoms with van der Waals surface area (Å²) in [7, 11) is 0. The van der Waals surface area contributed by atoms with Gasteiger partial charge in [-0.3, -0.25) is 4.79 Å². The third-order valence-electron chi connectivity index (χ3n) is 11.8. The zero-order valence-electron chi connectivity index (χ0n) is 35.2. The largest absolute Gasteiger partial charge is 0.394 e. The van der Waals surface area contributed by atoms with Crippen molar-refractivity contribution in [1.82, 2.24) is 5.32 Å². The van der Waals surface area contributed by atoms with Crippen LogP contribution in [0.25, 0.3) is 0 Å². The molecule has 5 fully saturated rings. The van der Waals surface area contributed by atoms with E-state index in [1.807, 2.05) is 0 Å². The quantitative estimate of drug-likeness (QED) is 0.0504. The molecular formula is C37H65FN2O25. The van der Waals surface area contributed by atoms with E-state index in [1.54, 1.807) is 0 Å². The molecule has 17 N–H and O–H groups in total. The van der Waals surface area contributed by atoms with Gasteiger partial charge >= 0.3 is 0 Å². The van der Waals surface area contributed by atoms with Gasteiger partial charge in [-0.1, -0.05) is 0 Å². The van der Waals surface area contributed by atoms with Crippen molar-refractivity contribution < 1.29 is 128 Å². The number of hydrogen-bond acceptors (Lipinski definition) is 26. The normalized spacial score (nSPS) is 47.4. The van der Waals surface area contributed by atoms with Gasteiger partial charge in [0.15, 0.2) is 31.5 Å². The van der Waals surface area contributed by atoms with Crippen LogP contribution < -0.4 is 11.1 Å². The molecule has 0 saturated carbocycles. The van der Waals surface area contributed by atoms with Crippen molar-refractivity contribution in [1.29, 1.82) is 0 Å². The Morgan fingerprint density at radius 2 is 0.923 bits per heavy atom. The first-order valence-electron chi connectivity index (χ1n) is 21.2. The number of carbonyl (C=O) groups is 1. The van der Waals surface area contributed by atoms with E-state index in [0.717, 1.165) is 6.92 Å². The monoisotopic (exact) mass is 956 g/mol. The minimum absolute atomic E-state index is 0.0870. The SMILES string of the molecule is CC(=O)NC1C(O[C@@H]2OC(CO)[C@H](O)C(O)C2O)[C@@H](O)C(CO)O[C@H]1OC1C(O)[C@@H](O[C@H]2C(CO)O[C@@H](O[C@@H]3C(CF)O[C@@H](OCCCCCN)C(O)C3O)C(O)C2O)OC(CO)[C@@H]1O. The van der Waals surface area contributed by atoms with Crippen molar-refractivity contribution in [2.24, 2.45) is 5.73 Å². The minimum Gasteiger partial charge on any atom is -0.394 e. The van der Waals surface area contributed by atoms with E-state index >= 15 is 0 Å². The summed E-state index contributed by atoms with van der Waals surface area (Å²) in [6, 6.07) is -1.68. The number of carbonyl (C=O) groups excluding carboxylic acids is 1. The Bertz CT molecular complexity index is 1430. The van der Waals surface area contributed by atoms with Gasteiger partial charge in [-0.15, -0.1) is 0 Å². The van der Waals surface area contributed by atoms with Crippen LogP contribution in [0.2, 0.25) is 0 Å². The van der Waals surface area contributed by atoms with Crippen molar-refractivity contribution in [2.75, 3.05) is 46.3 Å². The van der Waals surface area contributed by atoms with Crippen LogP contribution in [0, 0.1) is 0 Å². The van der Waals surface area contributed by atoms with E-state index < -0.39 is 192 Å². The maximum atomic E-state index is 14.2. The molecule has 5 rings (SSSR count). The molecule has 5 aliphatic heterocycles. The number of unbranched alkanes of at least 4 members (excludes halogenated alkanes) is 2. The zero-order valence-corrected chi connectivity index (χ0v) is 35.2. The molecule has 28 heteroatoms. The second kappa shape index (κ2) is 24.8. The first-order valence-corrected chi connectivity index (χ1v) is 21.2. The fourth-order valence-corrected chi connectivity index (χ4v) is 8.15. The lowest BCUT2D eigenvalue weighted by Crippen LogP contribution is -2.70. The Hall–Kier alpha value is -1.60. The van der Waals surface area contributed by atoms with Crippen LogP contribution in [0.4, 0.5) is 4.39 Å². The lowest BCUT2D eigenvalue weighted by atomic mass is 9.94. The molecule has 0 aromatic rings. The van der Waals surface area contributed by atoms with Gasteiger partial charge in [-0.2, -0.15) is 0 Å². The first kappa shape index (κ1) is 54.3. The summed E-state index contributed by atoms with van der Waals surface area (Å²) < 4.78 is 70.7. The Morgan fingerprint density at radius 3 is 1.46 bits per heavy atom. The van der Waals surface area contributed by atoms with E-state index in [9.17, 15) is 80.7 Å². The number of aliphatic hydroxyl groups is 14. The number of nitrogens with one attached hydrogen (secondary N) is 1. The highest BCUT2D eigenvalue weighted by Gasteiger charge is 2.57. The minimum atomic E-state index is -2.16. The molecule has 0 aromatic heterocycles. The molecule has 5 heterocycles. The standard InChI is InChI=1S/C37H65FN2O25/c1-12(45)40-18-31(64-35-25(52)22(49)19(46)14(8-41)59-35)20(47)15(9-42)58-33(18)65-32-21(48)16(10-43)60-37(28(32)55)63-30-17(11-44)61-36(27(54)24(30)51)62-29-13(7-38)57-34(26(53)23(29)50)56-6-4-2-3-5-39/h13-37,41-44,46-55H,2-11,39H2,1H3,(H,40,45)/t13?,14?,15?,16?,17?,18?,19-,20-,21-,22?,23?,24?,25?,26?,27?,28?,29+,30-,31?,32?,33-,34+,35-,36-,37+/m0/s1. The number of aliphatic hydroxyl groups excluding tert-OH is 14. The summed E-state index contributed by atoms with van der Waals surface area (Å²) in [6.07, 6.45) is -42.2. The van der Waals surface area contributed by atoms with Crippen molar-refractivity contribution in [3.05, 3.63) is 0 Å². The summed E-state index contributed by atoms with van der Waals surface area (Å²) in [4.78, 5) is 12.5. The second-order valence-electron chi connectivity index (χ2n) is 16.4. The van der Waals surface area contributed by atoms with Crippen molar-refractivity contribution >= 4 is 5.91 Å². The van der Waals surface area contributed by atoms with Gasteiger partial charge in [0.05, 0.1) is 26.4 Å². The van der Waals surface area contributed by atoms with Gasteiger partial charge in [-0.05, 0) is 25.8 Å². The molecule has 0 radical (unpaired) electrons. The average molecular weight is 957 g/mol. The van der Waals surface area contributed by atoms with E-state index in [0.29, 0.717) is 25.8 Å². The second-order valence-corrected chi connectivity index (χ2v) is 16.4. The van der Waals surface area contributed by atoms with Gasteiger partial charge in [0, 0.05) is 13.5 Å². The highest BCUT2D eigenvalue weighted by molar-refractivity contribution is 5.73. The molecule has 27 nitrogen and oxygen atoms in total. The highest BCUT2D eigenvalue weighted by Crippen LogP contribution is 2.36. The summed E-state index contributed by atoms with van der Waals surface area (Å²) in [5, 5.41) is 152. The number of alkyl halides is 1. The van der Waals surface area contributed by atoms with Crippen LogP contribution in [0.5, 0.6) is 0 Å². The Balaban J connectivity index is 1.31. The molecule has 0 aromatic carbocycles. The highest BCUT2D eigenvalue weighted by atomic mass is 19.1. The molecule has 65 heavy (non-hydrogen) atoms. The van der Waals surface area contributed by atoms with E-state index in [-0.39, 0.29) is 6.61 Å². The predicted octanol–water partition coefficient (Wildman–Crippen LogP) is -9.65. The van der Waals surface area contributed by atoms with Crippen LogP contribution in [0.3, 0.4) is 0 Å². The van der Waals surface area contributed by atoms with Crippen molar-refractivity contribution in [2.45, 2.75) is 180 Å². The summed E-state index contributed by atoms with van der Waals surface area (Å²) >= 11 is 0. The molecule has 25 atom stereocenters. The zero-order chi connectivity index (χ0) is 47.9. The van der Waals surface area contributed by atoms with E-state index in [2.05, 4.69) is 5.32 Å². The number of nitrogens with two attached hydrogens (primary N) is 1. The fourth-order valence-electron chi connectivity index (χ4n) is 8.15. The van der Waals surface area contributed by atoms with Crippen LogP contribution in [-0.2, 0) is 52.2 Å². The maximum absolute atomic E-state index is 14.2. The van der Waals surface area contributed by atoms with Crippen LogP contribution >= 0.6 is 0 Å². The number of hydrogen-bond donors (Lipinski definition) is 16. The molecule has 0 spiro atoms. The lowest BCUT2D eigenvalue weighted by molar-refractivity contribution is -0.388. The third-order valence-corrected chi connectivity index (χ3v) is 11.8. The number of amides is 1. The number of rotatable bonds is 20. The van der Waals surface area contributed by atoms with Crippen LogP contribution in [0.15, 0.2) is 0 Å². The molecule has 5 aliphatic rings. The van der Waals surface area contributed by atoms with Gasteiger partial charge in [0.1, 0.15) is 129 Å². The average Bonchev–Trinajstić information content (AvgIpc) is 3.29. The molecule has 0 aliphatic carbocycles. The van der Waals surface area contributed by atoms with E-state index in [4.69, 9.17) is 53.1 Å². The Morgan fingerprint density at radius 1 is 0.492 bits per heavy atom. The molecule has 1 amide bonds.